The SMILES string of the molecule is CSC1(C#N)CCN(S(=O)(=O)c2c(C)nn(C)c2C)CC1. The Bertz CT molecular complexity index is 680. The van der Waals surface area contributed by atoms with Gasteiger partial charge >= 0.3 is 0 Å². The van der Waals surface area contributed by atoms with Crippen molar-refractivity contribution in [1.29, 1.82) is 5.26 Å². The molecule has 8 heteroatoms. The first kappa shape index (κ1) is 16.3. The number of thioether (sulfide) groups is 1. The van der Waals surface area contributed by atoms with Crippen LogP contribution in [0.15, 0.2) is 4.90 Å². The molecule has 0 amide bonds. The summed E-state index contributed by atoms with van der Waals surface area (Å²) < 4.78 is 28.2. The van der Waals surface area contributed by atoms with Gasteiger partial charge in [0.2, 0.25) is 10.0 Å². The number of hydrogen-bond acceptors (Lipinski definition) is 5. The molecule has 0 spiro atoms. The number of nitrogens with zero attached hydrogens (tertiary/aromatic N) is 4. The first-order chi connectivity index (χ1) is 9.77. The van der Waals surface area contributed by atoms with Gasteiger partial charge in [-0.15, -0.1) is 11.8 Å². The quantitative estimate of drug-likeness (QED) is 0.839. The van der Waals surface area contributed by atoms with E-state index in [9.17, 15) is 13.7 Å². The van der Waals surface area contributed by atoms with Gasteiger partial charge in [0.05, 0.1) is 17.5 Å². The van der Waals surface area contributed by atoms with Gasteiger partial charge in [0.15, 0.2) is 0 Å². The van der Waals surface area contributed by atoms with Crippen LogP contribution in [0, 0.1) is 25.2 Å². The molecule has 0 bridgehead atoms. The molecule has 0 saturated carbocycles. The Morgan fingerprint density at radius 3 is 2.29 bits per heavy atom. The molecule has 0 N–H and O–H groups in total. The Hall–Kier alpha value is -1.04. The van der Waals surface area contributed by atoms with E-state index in [1.54, 1.807) is 25.6 Å². The van der Waals surface area contributed by atoms with Crippen LogP contribution in [0.5, 0.6) is 0 Å². The minimum atomic E-state index is -3.54. The van der Waals surface area contributed by atoms with Crippen LogP contribution in [0.2, 0.25) is 0 Å². The first-order valence-corrected chi connectivity index (χ1v) is 9.40. The van der Waals surface area contributed by atoms with E-state index in [0.29, 0.717) is 42.2 Å². The molecule has 0 aliphatic carbocycles. The maximum atomic E-state index is 12.8. The maximum absolute atomic E-state index is 12.8. The number of sulfonamides is 1. The number of rotatable bonds is 3. The van der Waals surface area contributed by atoms with Crippen molar-refractivity contribution in [3.05, 3.63) is 11.4 Å². The van der Waals surface area contributed by atoms with Crippen molar-refractivity contribution in [3.8, 4) is 6.07 Å². The zero-order chi connectivity index (χ0) is 15.8. The molecule has 1 aliphatic heterocycles. The molecule has 0 atom stereocenters. The van der Waals surface area contributed by atoms with E-state index in [0.717, 1.165) is 0 Å². The standard InChI is InChI=1S/C13H20N4O2S2/c1-10-12(11(2)16(3)15-10)21(18,19)17-7-5-13(9-14,20-4)6-8-17/h5-8H2,1-4H3. The number of aromatic nitrogens is 2. The number of nitriles is 1. The van der Waals surface area contributed by atoms with Crippen molar-refractivity contribution in [3.63, 3.8) is 0 Å². The van der Waals surface area contributed by atoms with Crippen LogP contribution in [-0.2, 0) is 17.1 Å². The van der Waals surface area contributed by atoms with E-state index < -0.39 is 14.8 Å². The number of hydrogen-bond donors (Lipinski definition) is 0. The zero-order valence-electron chi connectivity index (χ0n) is 12.8. The second kappa shape index (κ2) is 5.63. The molecule has 1 saturated heterocycles. The van der Waals surface area contributed by atoms with Crippen molar-refractivity contribution in [2.45, 2.75) is 36.3 Å². The van der Waals surface area contributed by atoms with Gasteiger partial charge in [-0.25, -0.2) is 8.42 Å². The fraction of sp³-hybridized carbons (Fsp3) is 0.692. The highest BCUT2D eigenvalue weighted by Gasteiger charge is 2.39. The van der Waals surface area contributed by atoms with Gasteiger partial charge < -0.3 is 0 Å². The molecule has 1 fully saturated rings. The normalized spacial score (nSPS) is 19.4. The first-order valence-electron chi connectivity index (χ1n) is 6.74. The Balaban J connectivity index is 2.29. The number of piperidine rings is 1. The maximum Gasteiger partial charge on any atom is 0.246 e. The minimum Gasteiger partial charge on any atom is -0.271 e. The summed E-state index contributed by atoms with van der Waals surface area (Å²) in [5, 5.41) is 13.5. The fourth-order valence-corrected chi connectivity index (χ4v) is 5.23. The average molecular weight is 328 g/mol. The molecule has 1 aliphatic rings. The Labute approximate surface area is 130 Å². The van der Waals surface area contributed by atoms with Gasteiger partial charge in [-0.3, -0.25) is 4.68 Å². The summed E-state index contributed by atoms with van der Waals surface area (Å²) in [6, 6.07) is 2.33. The third kappa shape index (κ3) is 2.70. The van der Waals surface area contributed by atoms with E-state index in [1.165, 1.54) is 16.1 Å². The monoisotopic (exact) mass is 328 g/mol. The second-order valence-electron chi connectivity index (χ2n) is 5.34. The molecule has 2 heterocycles. The second-order valence-corrected chi connectivity index (χ2v) is 8.40. The van der Waals surface area contributed by atoms with Crippen molar-refractivity contribution >= 4 is 21.8 Å². The van der Waals surface area contributed by atoms with E-state index in [1.807, 2.05) is 6.26 Å². The average Bonchev–Trinajstić information content (AvgIpc) is 2.72. The lowest BCUT2D eigenvalue weighted by Gasteiger charge is -2.35. The molecular formula is C13H20N4O2S2. The van der Waals surface area contributed by atoms with Crippen LogP contribution < -0.4 is 0 Å². The summed E-state index contributed by atoms with van der Waals surface area (Å²) in [7, 11) is -1.80. The van der Waals surface area contributed by atoms with Crippen LogP contribution >= 0.6 is 11.8 Å². The van der Waals surface area contributed by atoms with Crippen LogP contribution in [0.4, 0.5) is 0 Å². The van der Waals surface area contributed by atoms with Gasteiger partial charge in [0.1, 0.15) is 9.64 Å². The van der Waals surface area contributed by atoms with Gasteiger partial charge in [-0.05, 0) is 32.9 Å². The molecule has 6 nitrogen and oxygen atoms in total. The lowest BCUT2D eigenvalue weighted by atomic mass is 9.99. The lowest BCUT2D eigenvalue weighted by Crippen LogP contribution is -2.44. The molecule has 0 aromatic carbocycles. The van der Waals surface area contributed by atoms with Gasteiger partial charge in [0, 0.05) is 20.1 Å². The van der Waals surface area contributed by atoms with Crippen LogP contribution in [0.25, 0.3) is 0 Å². The number of aryl methyl sites for hydroxylation is 2. The van der Waals surface area contributed by atoms with Gasteiger partial charge in [-0.1, -0.05) is 0 Å². The molecule has 0 radical (unpaired) electrons. The van der Waals surface area contributed by atoms with Crippen molar-refractivity contribution in [2.75, 3.05) is 19.3 Å². The Morgan fingerprint density at radius 2 is 1.90 bits per heavy atom. The lowest BCUT2D eigenvalue weighted by molar-refractivity contribution is 0.327. The third-order valence-electron chi connectivity index (χ3n) is 4.17. The van der Waals surface area contributed by atoms with Crippen molar-refractivity contribution in [1.82, 2.24) is 14.1 Å². The minimum absolute atomic E-state index is 0.304. The van der Waals surface area contributed by atoms with Gasteiger partial charge in [-0.2, -0.15) is 14.7 Å². The highest BCUT2D eigenvalue weighted by atomic mass is 32.2. The summed E-state index contributed by atoms with van der Waals surface area (Å²) in [5.74, 6) is 0. The fourth-order valence-electron chi connectivity index (χ4n) is 2.71. The predicted octanol–water partition coefficient (Wildman–Crippen LogP) is 1.45. The van der Waals surface area contributed by atoms with E-state index >= 15 is 0 Å². The largest absolute Gasteiger partial charge is 0.271 e. The highest BCUT2D eigenvalue weighted by Crippen LogP contribution is 2.36. The van der Waals surface area contributed by atoms with E-state index in [4.69, 9.17) is 0 Å². The van der Waals surface area contributed by atoms with Crippen LogP contribution in [-0.4, -0.2) is 46.6 Å². The summed E-state index contributed by atoms with van der Waals surface area (Å²) in [5.41, 5.74) is 1.17. The smallest absolute Gasteiger partial charge is 0.246 e. The molecule has 21 heavy (non-hydrogen) atoms. The summed E-state index contributed by atoms with van der Waals surface area (Å²) in [6.07, 6.45) is 3.02. The Morgan fingerprint density at radius 1 is 1.33 bits per heavy atom. The van der Waals surface area contributed by atoms with Crippen molar-refractivity contribution in [2.24, 2.45) is 7.05 Å². The molecule has 1 aromatic heterocycles. The van der Waals surface area contributed by atoms with Crippen LogP contribution in [0.3, 0.4) is 0 Å². The summed E-state index contributed by atoms with van der Waals surface area (Å²) >= 11 is 1.51. The van der Waals surface area contributed by atoms with Crippen molar-refractivity contribution < 1.29 is 8.42 Å². The van der Waals surface area contributed by atoms with E-state index in [-0.39, 0.29) is 0 Å². The molecule has 2 rings (SSSR count). The van der Waals surface area contributed by atoms with Crippen LogP contribution in [0.1, 0.15) is 24.2 Å². The highest BCUT2D eigenvalue weighted by molar-refractivity contribution is 8.00. The molecule has 116 valence electrons. The summed E-state index contributed by atoms with van der Waals surface area (Å²) in [4.78, 5) is 0.304. The molecular weight excluding hydrogens is 308 g/mol. The third-order valence-corrected chi connectivity index (χ3v) is 7.60. The summed E-state index contributed by atoms with van der Waals surface area (Å²) in [6.45, 7) is 4.23. The van der Waals surface area contributed by atoms with Gasteiger partial charge in [0.25, 0.3) is 0 Å². The zero-order valence-corrected chi connectivity index (χ0v) is 14.4. The molecule has 1 aromatic rings. The van der Waals surface area contributed by atoms with E-state index in [2.05, 4.69) is 11.2 Å². The Kier molecular flexibility index (Phi) is 4.38. The predicted molar refractivity (Wildman–Crippen MR) is 82.5 cm³/mol. The molecule has 0 unspecified atom stereocenters. The topological polar surface area (TPSA) is 79.0 Å².